The van der Waals surface area contributed by atoms with Gasteiger partial charge in [-0.2, -0.15) is 0 Å². The fraction of sp³-hybridized carbons (Fsp3) is 0.350. The van der Waals surface area contributed by atoms with Crippen molar-refractivity contribution in [2.75, 3.05) is 13.2 Å². The van der Waals surface area contributed by atoms with Crippen LogP contribution in [0.3, 0.4) is 0 Å². The van der Waals surface area contributed by atoms with Gasteiger partial charge in [-0.05, 0) is 32.4 Å². The van der Waals surface area contributed by atoms with E-state index in [-0.39, 0.29) is 30.0 Å². The van der Waals surface area contributed by atoms with Crippen molar-refractivity contribution in [1.29, 1.82) is 0 Å². The van der Waals surface area contributed by atoms with Gasteiger partial charge in [-0.1, -0.05) is 18.2 Å². The summed E-state index contributed by atoms with van der Waals surface area (Å²) >= 11 is 0. The number of carbonyl (C=O) groups excluding carboxylic acids is 3. The zero-order valence-electron chi connectivity index (χ0n) is 17.0. The van der Waals surface area contributed by atoms with Gasteiger partial charge in [-0.25, -0.2) is 9.59 Å². The van der Waals surface area contributed by atoms with E-state index in [1.165, 1.54) is 25.1 Å². The van der Waals surface area contributed by atoms with Gasteiger partial charge in [-0.15, -0.1) is 13.2 Å². The SMILES string of the molecule is CCOC(=O)c1c(C)[nH]c(C(=O)OCC(=O)NCc2ccccc2OC(F)(F)F)c1C. The minimum Gasteiger partial charge on any atom is -0.462 e. The number of amides is 1. The Bertz CT molecular complexity index is 968. The average molecular weight is 442 g/mol. The number of nitrogens with one attached hydrogen (secondary N) is 2. The Morgan fingerprint density at radius 1 is 1.06 bits per heavy atom. The number of carbonyl (C=O) groups is 3. The standard InChI is InChI=1S/C20H21F3N2O6/c1-4-29-18(27)16-11(2)17(25-12(16)3)19(28)30-10-15(26)24-9-13-7-5-6-8-14(13)31-20(21,22)23/h5-8,25H,4,9-10H2,1-3H3,(H,24,26). The molecule has 0 spiro atoms. The number of ether oxygens (including phenoxy) is 3. The molecule has 1 aromatic heterocycles. The van der Waals surface area contributed by atoms with Gasteiger partial charge >= 0.3 is 18.3 Å². The lowest BCUT2D eigenvalue weighted by Gasteiger charge is -2.13. The Kier molecular flexibility index (Phi) is 7.67. The maximum Gasteiger partial charge on any atom is 0.573 e. The predicted molar refractivity (Wildman–Crippen MR) is 101 cm³/mol. The summed E-state index contributed by atoms with van der Waals surface area (Å²) in [5.41, 5.74) is 1.03. The fourth-order valence-electron chi connectivity index (χ4n) is 2.79. The molecule has 2 aromatic rings. The maximum atomic E-state index is 12.4. The van der Waals surface area contributed by atoms with E-state index in [1.54, 1.807) is 13.8 Å². The number of H-pyrrole nitrogens is 1. The lowest BCUT2D eigenvalue weighted by molar-refractivity contribution is -0.274. The van der Waals surface area contributed by atoms with Crippen molar-refractivity contribution in [1.82, 2.24) is 10.3 Å². The second-order valence-corrected chi connectivity index (χ2v) is 6.35. The third-order valence-electron chi connectivity index (χ3n) is 4.13. The average Bonchev–Trinajstić information content (AvgIpc) is 2.98. The Balaban J connectivity index is 1.95. The summed E-state index contributed by atoms with van der Waals surface area (Å²) in [5, 5.41) is 2.35. The predicted octanol–water partition coefficient (Wildman–Crippen LogP) is 3.18. The monoisotopic (exact) mass is 442 g/mol. The summed E-state index contributed by atoms with van der Waals surface area (Å²) in [5.74, 6) is -2.64. The van der Waals surface area contributed by atoms with Gasteiger partial charge in [0.05, 0.1) is 12.2 Å². The number of para-hydroxylation sites is 1. The smallest absolute Gasteiger partial charge is 0.462 e. The van der Waals surface area contributed by atoms with E-state index in [0.717, 1.165) is 6.07 Å². The highest BCUT2D eigenvalue weighted by Gasteiger charge is 2.32. The van der Waals surface area contributed by atoms with Crippen molar-refractivity contribution >= 4 is 17.8 Å². The first-order valence-corrected chi connectivity index (χ1v) is 9.17. The maximum absolute atomic E-state index is 12.4. The number of esters is 2. The number of hydrogen-bond donors (Lipinski definition) is 2. The number of hydrogen-bond acceptors (Lipinski definition) is 6. The number of halogens is 3. The van der Waals surface area contributed by atoms with Gasteiger partial charge in [-0.3, -0.25) is 4.79 Å². The summed E-state index contributed by atoms with van der Waals surface area (Å²) in [6.45, 7) is 3.99. The second kappa shape index (κ2) is 10.0. The van der Waals surface area contributed by atoms with Crippen LogP contribution in [-0.4, -0.2) is 42.4 Å². The van der Waals surface area contributed by atoms with Gasteiger partial charge in [0.15, 0.2) is 6.61 Å². The molecule has 2 N–H and O–H groups in total. The molecule has 1 heterocycles. The molecule has 0 unspecified atom stereocenters. The molecule has 2 rings (SSSR count). The molecule has 0 saturated carbocycles. The summed E-state index contributed by atoms with van der Waals surface area (Å²) in [4.78, 5) is 39.0. The molecule has 0 fully saturated rings. The lowest BCUT2D eigenvalue weighted by atomic mass is 10.1. The molecule has 0 atom stereocenters. The molecule has 31 heavy (non-hydrogen) atoms. The van der Waals surface area contributed by atoms with Gasteiger partial charge < -0.3 is 24.5 Å². The van der Waals surface area contributed by atoms with Crippen LogP contribution in [-0.2, 0) is 20.8 Å². The summed E-state index contributed by atoms with van der Waals surface area (Å²) < 4.78 is 51.1. The summed E-state index contributed by atoms with van der Waals surface area (Å²) in [6, 6.07) is 5.32. The fourth-order valence-corrected chi connectivity index (χ4v) is 2.79. The number of rotatable bonds is 8. The van der Waals surface area contributed by atoms with E-state index >= 15 is 0 Å². The molecule has 0 saturated heterocycles. The van der Waals surface area contributed by atoms with Crippen LogP contribution < -0.4 is 10.1 Å². The van der Waals surface area contributed by atoms with Gasteiger partial charge in [0.1, 0.15) is 11.4 Å². The van der Waals surface area contributed by atoms with Gasteiger partial charge in [0, 0.05) is 17.8 Å². The number of aromatic amines is 1. The van der Waals surface area contributed by atoms with E-state index in [9.17, 15) is 27.6 Å². The Labute approximate surface area is 175 Å². The highest BCUT2D eigenvalue weighted by molar-refractivity contribution is 5.99. The minimum absolute atomic E-state index is 0.00252. The van der Waals surface area contributed by atoms with Crippen molar-refractivity contribution in [3.8, 4) is 5.75 Å². The van der Waals surface area contributed by atoms with Crippen LogP contribution >= 0.6 is 0 Å². The first-order chi connectivity index (χ1) is 14.5. The summed E-state index contributed by atoms with van der Waals surface area (Å²) in [6.07, 6.45) is -4.87. The molecule has 11 heteroatoms. The molecule has 8 nitrogen and oxygen atoms in total. The quantitative estimate of drug-likeness (QED) is 0.609. The first kappa shape index (κ1) is 23.8. The minimum atomic E-state index is -4.87. The van der Waals surface area contributed by atoms with E-state index in [1.807, 2.05) is 0 Å². The number of benzene rings is 1. The molecular formula is C20H21F3N2O6. The highest BCUT2D eigenvalue weighted by Crippen LogP contribution is 2.26. The van der Waals surface area contributed by atoms with Crippen molar-refractivity contribution in [2.24, 2.45) is 0 Å². The molecule has 1 amide bonds. The number of aromatic nitrogens is 1. The second-order valence-electron chi connectivity index (χ2n) is 6.35. The molecule has 0 aliphatic heterocycles. The topological polar surface area (TPSA) is 107 Å². The third-order valence-corrected chi connectivity index (χ3v) is 4.13. The molecule has 168 valence electrons. The zero-order valence-corrected chi connectivity index (χ0v) is 17.0. The summed E-state index contributed by atoms with van der Waals surface area (Å²) in [7, 11) is 0. The lowest BCUT2D eigenvalue weighted by Crippen LogP contribution is -2.29. The largest absolute Gasteiger partial charge is 0.573 e. The molecule has 1 aromatic carbocycles. The Hall–Kier alpha value is -3.50. The molecule has 0 bridgehead atoms. The van der Waals surface area contributed by atoms with Crippen LogP contribution in [0.2, 0.25) is 0 Å². The van der Waals surface area contributed by atoms with Crippen LogP contribution in [0.25, 0.3) is 0 Å². The molecule has 0 radical (unpaired) electrons. The van der Waals surface area contributed by atoms with E-state index in [2.05, 4.69) is 15.0 Å². The van der Waals surface area contributed by atoms with E-state index < -0.39 is 36.6 Å². The van der Waals surface area contributed by atoms with Crippen LogP contribution in [0.5, 0.6) is 5.75 Å². The molecule has 0 aliphatic carbocycles. The van der Waals surface area contributed by atoms with Crippen molar-refractivity contribution < 1.29 is 41.8 Å². The van der Waals surface area contributed by atoms with Crippen LogP contribution in [0.4, 0.5) is 13.2 Å². The number of alkyl halides is 3. The van der Waals surface area contributed by atoms with Crippen molar-refractivity contribution in [2.45, 2.75) is 33.7 Å². The van der Waals surface area contributed by atoms with Gasteiger partial charge in [0.2, 0.25) is 0 Å². The van der Waals surface area contributed by atoms with Crippen molar-refractivity contribution in [3.63, 3.8) is 0 Å². The van der Waals surface area contributed by atoms with Crippen LogP contribution in [0.15, 0.2) is 24.3 Å². The van der Waals surface area contributed by atoms with Gasteiger partial charge in [0.25, 0.3) is 5.91 Å². The van der Waals surface area contributed by atoms with E-state index in [0.29, 0.717) is 11.3 Å². The van der Waals surface area contributed by atoms with E-state index in [4.69, 9.17) is 9.47 Å². The number of aryl methyl sites for hydroxylation is 1. The molecule has 0 aliphatic rings. The normalized spacial score (nSPS) is 11.0. The van der Waals surface area contributed by atoms with Crippen molar-refractivity contribution in [3.05, 3.63) is 52.3 Å². The Morgan fingerprint density at radius 3 is 2.39 bits per heavy atom. The molecular weight excluding hydrogens is 421 g/mol. The first-order valence-electron chi connectivity index (χ1n) is 9.17. The Morgan fingerprint density at radius 2 is 1.74 bits per heavy atom. The third kappa shape index (κ3) is 6.49. The van der Waals surface area contributed by atoms with Crippen LogP contribution in [0, 0.1) is 13.8 Å². The highest BCUT2D eigenvalue weighted by atomic mass is 19.4. The zero-order chi connectivity index (χ0) is 23.2. The van der Waals surface area contributed by atoms with Crippen LogP contribution in [0.1, 0.15) is 44.6 Å².